The first-order chi connectivity index (χ1) is 13.9. The van der Waals surface area contributed by atoms with Crippen LogP contribution in [-0.2, 0) is 28.5 Å². The first-order valence-corrected chi connectivity index (χ1v) is 8.51. The van der Waals surface area contributed by atoms with Gasteiger partial charge in [-0.1, -0.05) is 13.2 Å². The molecular weight excluding hydrogens is 408 g/mol. The second-order valence-corrected chi connectivity index (χ2v) is 5.10. The minimum absolute atomic E-state index is 0.0146. The molecule has 6 N–H and O–H groups in total. The number of aliphatic carboxylic acids is 2. The Bertz CT molecular complexity index is 413. The van der Waals surface area contributed by atoms with E-state index in [4.69, 9.17) is 40.1 Å². The Morgan fingerprint density at radius 3 is 1.67 bits per heavy atom. The lowest BCUT2D eigenvalue weighted by Crippen LogP contribution is -2.23. The van der Waals surface area contributed by atoms with Gasteiger partial charge < -0.3 is 49.6 Å². The van der Waals surface area contributed by atoms with Crippen molar-refractivity contribution in [2.75, 3.05) is 47.3 Å². The zero-order valence-electron chi connectivity index (χ0n) is 17.9. The van der Waals surface area contributed by atoms with E-state index in [1.165, 1.54) is 28.1 Å². The Labute approximate surface area is 176 Å². The molecule has 3 unspecified atom stereocenters. The highest BCUT2D eigenvalue weighted by molar-refractivity contribution is 5.84. The molecule has 0 aromatic carbocycles. The molecule has 0 aliphatic carbocycles. The zero-order valence-corrected chi connectivity index (χ0v) is 17.9. The smallest absolute Gasteiger partial charge is 0.330 e. The van der Waals surface area contributed by atoms with Crippen LogP contribution >= 0.6 is 0 Å². The van der Waals surface area contributed by atoms with Crippen LogP contribution < -0.4 is 0 Å². The van der Waals surface area contributed by atoms with Crippen molar-refractivity contribution in [2.45, 2.75) is 32.5 Å². The highest BCUT2D eigenvalue weighted by atomic mass is 16.6. The fraction of sp³-hybridized carbons (Fsp3) is 0.667. The maximum absolute atomic E-state index is 9.60. The first kappa shape index (κ1) is 35.5. The van der Waals surface area contributed by atoms with E-state index in [9.17, 15) is 9.59 Å². The largest absolute Gasteiger partial charge is 0.478 e. The molecule has 12 heteroatoms. The van der Waals surface area contributed by atoms with Gasteiger partial charge in [-0.15, -0.1) is 0 Å². The van der Waals surface area contributed by atoms with Crippen LogP contribution in [0.1, 0.15) is 13.8 Å². The molecule has 0 radical (unpaired) electrons. The van der Waals surface area contributed by atoms with Crippen LogP contribution in [0.2, 0.25) is 0 Å². The van der Waals surface area contributed by atoms with Gasteiger partial charge in [-0.3, -0.25) is 0 Å². The van der Waals surface area contributed by atoms with Crippen LogP contribution in [0.5, 0.6) is 0 Å². The average Bonchev–Trinajstić information content (AvgIpc) is 2.70. The topological polar surface area (TPSA) is 192 Å². The Morgan fingerprint density at radius 2 is 1.43 bits per heavy atom. The fourth-order valence-corrected chi connectivity index (χ4v) is 0.734. The third kappa shape index (κ3) is 40.7. The second kappa shape index (κ2) is 27.1. The van der Waals surface area contributed by atoms with Gasteiger partial charge >= 0.3 is 11.9 Å². The Hall–Kier alpha value is -1.90. The molecule has 0 aromatic rings. The monoisotopic (exact) mass is 444 g/mol. The molecular formula is C18H36O12. The lowest BCUT2D eigenvalue weighted by atomic mass is 10.4. The van der Waals surface area contributed by atoms with Crippen LogP contribution in [0.15, 0.2) is 24.8 Å². The Balaban J connectivity index is -0.000000161. The van der Waals surface area contributed by atoms with Crippen LogP contribution in [0, 0.1) is 0 Å². The number of hydrogen-bond acceptors (Lipinski definition) is 10. The fourth-order valence-electron chi connectivity index (χ4n) is 0.734. The predicted octanol–water partition coefficient (Wildman–Crippen LogP) is -0.787. The number of aliphatic hydroxyl groups is 4. The van der Waals surface area contributed by atoms with E-state index in [2.05, 4.69) is 22.6 Å². The van der Waals surface area contributed by atoms with E-state index in [0.29, 0.717) is 19.8 Å². The van der Waals surface area contributed by atoms with Crippen molar-refractivity contribution in [3.8, 4) is 0 Å². The maximum atomic E-state index is 9.60. The van der Waals surface area contributed by atoms with Crippen molar-refractivity contribution in [1.29, 1.82) is 0 Å². The summed E-state index contributed by atoms with van der Waals surface area (Å²) in [6, 6.07) is 0. The van der Waals surface area contributed by atoms with Crippen molar-refractivity contribution in [3.05, 3.63) is 24.8 Å². The van der Waals surface area contributed by atoms with E-state index in [-0.39, 0.29) is 18.8 Å². The molecule has 3 atom stereocenters. The van der Waals surface area contributed by atoms with Crippen LogP contribution in [0.25, 0.3) is 0 Å². The summed E-state index contributed by atoms with van der Waals surface area (Å²) in [5, 5.41) is 49.6. The van der Waals surface area contributed by atoms with E-state index in [1.807, 2.05) is 0 Å². The molecule has 180 valence electrons. The molecule has 0 saturated heterocycles. The number of hydrogen-bond donors (Lipinski definition) is 6. The van der Waals surface area contributed by atoms with Crippen LogP contribution in [0.4, 0.5) is 0 Å². The van der Waals surface area contributed by atoms with Gasteiger partial charge in [-0.25, -0.2) is 9.59 Å². The Morgan fingerprint density at radius 1 is 1.00 bits per heavy atom. The van der Waals surface area contributed by atoms with Gasteiger partial charge in [0.15, 0.2) is 12.6 Å². The molecule has 0 aliphatic heterocycles. The van der Waals surface area contributed by atoms with Gasteiger partial charge in [0.2, 0.25) is 0 Å². The second-order valence-electron chi connectivity index (χ2n) is 5.10. The van der Waals surface area contributed by atoms with Gasteiger partial charge in [-0.05, 0) is 13.8 Å². The minimum Gasteiger partial charge on any atom is -0.478 e. The van der Waals surface area contributed by atoms with Crippen molar-refractivity contribution in [2.24, 2.45) is 0 Å². The summed E-state index contributed by atoms with van der Waals surface area (Å²) in [6.07, 6.45) is -1.88. The van der Waals surface area contributed by atoms with Crippen LogP contribution in [0.3, 0.4) is 0 Å². The molecule has 12 nitrogen and oxygen atoms in total. The van der Waals surface area contributed by atoms with Gasteiger partial charge in [0, 0.05) is 25.9 Å². The zero-order chi connectivity index (χ0) is 24.5. The lowest BCUT2D eigenvalue weighted by Gasteiger charge is -2.09. The SMILES string of the molecule is C=C(C)C(=O)O.C=CC(=O)O.COC(O)C(C)O.COC(O)COCCOCCO. The highest BCUT2D eigenvalue weighted by Gasteiger charge is 2.06. The predicted molar refractivity (Wildman–Crippen MR) is 107 cm³/mol. The number of carboxylic acids is 2. The summed E-state index contributed by atoms with van der Waals surface area (Å²) >= 11 is 0. The average molecular weight is 444 g/mol. The van der Waals surface area contributed by atoms with Gasteiger partial charge in [0.1, 0.15) is 6.10 Å². The standard InChI is InChI=1S/C7H16O5.C4H10O3.C4H6O2.C3H4O2/c1-10-7(9)6-12-5-4-11-3-2-8;1-3(5)4(6)7-2;1-3(2)4(5)6;1-2-3(4)5/h7-9H,2-6H2,1H3;3-6H,1-2H3;1H2,2H3,(H,5,6);2H,1H2,(H,4,5). The summed E-state index contributed by atoms with van der Waals surface area (Å²) in [7, 11) is 2.73. The van der Waals surface area contributed by atoms with E-state index >= 15 is 0 Å². The number of carboxylic acid groups (broad SMARTS) is 2. The van der Waals surface area contributed by atoms with E-state index in [1.54, 1.807) is 0 Å². The van der Waals surface area contributed by atoms with Crippen molar-refractivity contribution in [3.63, 3.8) is 0 Å². The molecule has 0 spiro atoms. The first-order valence-electron chi connectivity index (χ1n) is 8.51. The van der Waals surface area contributed by atoms with Crippen molar-refractivity contribution < 1.29 is 59.2 Å². The van der Waals surface area contributed by atoms with Crippen LogP contribution in [-0.4, -0.2) is 109 Å². The molecule has 30 heavy (non-hydrogen) atoms. The van der Waals surface area contributed by atoms with Crippen molar-refractivity contribution in [1.82, 2.24) is 0 Å². The summed E-state index contributed by atoms with van der Waals surface area (Å²) in [5.41, 5.74) is 0.176. The number of carbonyl (C=O) groups is 2. The quantitative estimate of drug-likeness (QED) is 0.125. The van der Waals surface area contributed by atoms with Gasteiger partial charge in [0.05, 0.1) is 33.0 Å². The number of rotatable bonds is 12. The minimum atomic E-state index is -1.04. The lowest BCUT2D eigenvalue weighted by molar-refractivity contribution is -0.137. The van der Waals surface area contributed by atoms with Gasteiger partial charge in [0.25, 0.3) is 0 Å². The highest BCUT2D eigenvalue weighted by Crippen LogP contribution is 1.89. The summed E-state index contributed by atoms with van der Waals surface area (Å²) in [5.74, 6) is -1.92. The normalized spacial score (nSPS) is 12.3. The Kier molecular flexibility index (Phi) is 32.1. The third-order valence-electron chi connectivity index (χ3n) is 2.33. The van der Waals surface area contributed by atoms with E-state index in [0.717, 1.165) is 6.08 Å². The number of aliphatic hydroxyl groups excluding tert-OH is 4. The molecule has 0 saturated carbocycles. The number of ether oxygens (including phenoxy) is 4. The van der Waals surface area contributed by atoms with Crippen molar-refractivity contribution >= 4 is 11.9 Å². The summed E-state index contributed by atoms with van der Waals surface area (Å²) < 4.78 is 18.7. The molecule has 0 amide bonds. The molecule has 0 fully saturated rings. The molecule has 0 rings (SSSR count). The molecule has 0 bridgehead atoms. The molecule has 0 aromatic heterocycles. The summed E-state index contributed by atoms with van der Waals surface area (Å²) in [6.45, 7) is 10.3. The third-order valence-corrected chi connectivity index (χ3v) is 2.33. The summed E-state index contributed by atoms with van der Waals surface area (Å²) in [4.78, 5) is 18.8. The maximum Gasteiger partial charge on any atom is 0.330 e. The number of methoxy groups -OCH3 is 2. The van der Waals surface area contributed by atoms with Gasteiger partial charge in [-0.2, -0.15) is 0 Å². The molecule has 0 heterocycles. The molecule has 0 aliphatic rings. The van der Waals surface area contributed by atoms with E-state index < -0.39 is 30.6 Å².